The highest BCUT2D eigenvalue weighted by atomic mass is 79.9. The third-order valence-corrected chi connectivity index (χ3v) is 2.47. The van der Waals surface area contributed by atoms with Gasteiger partial charge in [-0.15, -0.1) is 0 Å². The van der Waals surface area contributed by atoms with E-state index in [2.05, 4.69) is 15.9 Å². The van der Waals surface area contributed by atoms with E-state index >= 15 is 0 Å². The molecule has 0 radical (unpaired) electrons. The number of benzene rings is 1. The Balaban J connectivity index is 2.57. The van der Waals surface area contributed by atoms with E-state index in [1.54, 1.807) is 6.92 Å². The average Bonchev–Trinajstić information content (AvgIpc) is 2.18. The molecule has 82 valence electrons. The van der Waals surface area contributed by atoms with Gasteiger partial charge < -0.3 is 9.64 Å². The monoisotopic (exact) mass is 271 g/mol. The quantitative estimate of drug-likeness (QED) is 0.788. The third-order valence-electron chi connectivity index (χ3n) is 1.94. The van der Waals surface area contributed by atoms with Gasteiger partial charge in [0.25, 0.3) is 0 Å². The smallest absolute Gasteiger partial charge is 0.325 e. The van der Waals surface area contributed by atoms with Crippen molar-refractivity contribution in [1.29, 1.82) is 0 Å². The van der Waals surface area contributed by atoms with Crippen molar-refractivity contribution in [3.8, 4) is 0 Å². The molecule has 0 N–H and O–H groups in total. The molecule has 0 aliphatic heterocycles. The number of likely N-dealkylation sites (N-methyl/N-ethyl adjacent to an activating group) is 1. The summed E-state index contributed by atoms with van der Waals surface area (Å²) < 4.78 is 5.89. The zero-order chi connectivity index (χ0) is 11.3. The predicted molar refractivity (Wildman–Crippen MR) is 64.0 cm³/mol. The summed E-state index contributed by atoms with van der Waals surface area (Å²) in [4.78, 5) is 13.1. The van der Waals surface area contributed by atoms with E-state index in [0.29, 0.717) is 6.61 Å². The van der Waals surface area contributed by atoms with Crippen LogP contribution in [0.15, 0.2) is 28.7 Å². The molecular formula is C11H14BrNO2. The number of rotatable bonds is 4. The first-order chi connectivity index (χ1) is 7.13. The van der Waals surface area contributed by atoms with E-state index < -0.39 is 0 Å². The van der Waals surface area contributed by atoms with E-state index in [1.165, 1.54) is 0 Å². The molecule has 0 aliphatic carbocycles. The second-order valence-electron chi connectivity index (χ2n) is 3.14. The first kappa shape index (κ1) is 12.0. The first-order valence-electron chi connectivity index (χ1n) is 4.75. The summed E-state index contributed by atoms with van der Waals surface area (Å²) in [6, 6.07) is 7.78. The average molecular weight is 272 g/mol. The Bertz CT molecular complexity index is 324. The molecule has 1 rings (SSSR count). The molecule has 1 aromatic rings. The summed E-state index contributed by atoms with van der Waals surface area (Å²) in [6.45, 7) is 2.50. The molecule has 3 nitrogen and oxygen atoms in total. The van der Waals surface area contributed by atoms with Gasteiger partial charge in [0, 0.05) is 17.2 Å². The van der Waals surface area contributed by atoms with Gasteiger partial charge in [0.15, 0.2) is 0 Å². The molecule has 4 heteroatoms. The molecule has 0 amide bonds. The van der Waals surface area contributed by atoms with Crippen LogP contribution in [0.5, 0.6) is 0 Å². The number of ether oxygens (including phenoxy) is 1. The molecule has 0 atom stereocenters. The van der Waals surface area contributed by atoms with Gasteiger partial charge in [-0.3, -0.25) is 4.79 Å². The molecule has 0 bridgehead atoms. The summed E-state index contributed by atoms with van der Waals surface area (Å²) >= 11 is 3.36. The Morgan fingerprint density at radius 3 is 2.53 bits per heavy atom. The van der Waals surface area contributed by atoms with Gasteiger partial charge in [-0.25, -0.2) is 0 Å². The Kier molecular flexibility index (Phi) is 4.62. The van der Waals surface area contributed by atoms with Crippen LogP contribution in [0.2, 0.25) is 0 Å². The van der Waals surface area contributed by atoms with Crippen LogP contribution in [0.25, 0.3) is 0 Å². The van der Waals surface area contributed by atoms with Gasteiger partial charge in [0.05, 0.1) is 6.61 Å². The maximum absolute atomic E-state index is 11.2. The highest BCUT2D eigenvalue weighted by Crippen LogP contribution is 2.16. The number of anilines is 1. The van der Waals surface area contributed by atoms with Crippen LogP contribution in [0, 0.1) is 0 Å². The lowest BCUT2D eigenvalue weighted by atomic mass is 10.3. The van der Waals surface area contributed by atoms with Crippen LogP contribution in [0.4, 0.5) is 5.69 Å². The third kappa shape index (κ3) is 3.91. The van der Waals surface area contributed by atoms with Crippen LogP contribution in [0.3, 0.4) is 0 Å². The number of nitrogens with zero attached hydrogens (tertiary/aromatic N) is 1. The van der Waals surface area contributed by atoms with Gasteiger partial charge in [-0.1, -0.05) is 15.9 Å². The van der Waals surface area contributed by atoms with Crippen molar-refractivity contribution >= 4 is 27.6 Å². The second kappa shape index (κ2) is 5.75. The standard InChI is InChI=1S/C11H14BrNO2/c1-3-15-11(14)8-13(2)10-6-4-9(12)5-7-10/h4-7H,3,8H2,1-2H3. The van der Waals surface area contributed by atoms with Crippen LogP contribution < -0.4 is 4.90 Å². The highest BCUT2D eigenvalue weighted by molar-refractivity contribution is 9.10. The molecule has 0 saturated heterocycles. The number of hydrogen-bond donors (Lipinski definition) is 0. The summed E-state index contributed by atoms with van der Waals surface area (Å²) in [6.07, 6.45) is 0. The maximum Gasteiger partial charge on any atom is 0.325 e. The van der Waals surface area contributed by atoms with Crippen molar-refractivity contribution in [2.75, 3.05) is 25.1 Å². The van der Waals surface area contributed by atoms with E-state index in [1.807, 2.05) is 36.2 Å². The van der Waals surface area contributed by atoms with E-state index in [9.17, 15) is 4.79 Å². The summed E-state index contributed by atoms with van der Waals surface area (Å²) in [5.74, 6) is -0.206. The fraction of sp³-hybridized carbons (Fsp3) is 0.364. The topological polar surface area (TPSA) is 29.5 Å². The molecule has 0 fully saturated rings. The minimum Gasteiger partial charge on any atom is -0.465 e. The van der Waals surface area contributed by atoms with E-state index in [4.69, 9.17) is 4.74 Å². The van der Waals surface area contributed by atoms with Gasteiger partial charge in [0.1, 0.15) is 6.54 Å². The normalized spacial score (nSPS) is 9.80. The van der Waals surface area contributed by atoms with Crippen molar-refractivity contribution in [2.24, 2.45) is 0 Å². The second-order valence-corrected chi connectivity index (χ2v) is 4.05. The molecule has 0 spiro atoms. The SMILES string of the molecule is CCOC(=O)CN(C)c1ccc(Br)cc1. The fourth-order valence-electron chi connectivity index (χ4n) is 1.19. The minimum absolute atomic E-state index is 0.206. The van der Waals surface area contributed by atoms with Gasteiger partial charge in [-0.05, 0) is 31.2 Å². The molecule has 15 heavy (non-hydrogen) atoms. The van der Waals surface area contributed by atoms with Crippen molar-refractivity contribution in [3.05, 3.63) is 28.7 Å². The van der Waals surface area contributed by atoms with Gasteiger partial charge >= 0.3 is 5.97 Å². The van der Waals surface area contributed by atoms with E-state index in [-0.39, 0.29) is 12.5 Å². The number of carbonyl (C=O) groups excluding carboxylic acids is 1. The number of esters is 1. The number of hydrogen-bond acceptors (Lipinski definition) is 3. The lowest BCUT2D eigenvalue weighted by molar-refractivity contribution is -0.141. The Hall–Kier alpha value is -1.03. The molecule has 1 aromatic carbocycles. The Morgan fingerprint density at radius 1 is 1.40 bits per heavy atom. The Morgan fingerprint density at radius 2 is 2.00 bits per heavy atom. The maximum atomic E-state index is 11.2. The molecule has 0 aliphatic rings. The van der Waals surface area contributed by atoms with Gasteiger partial charge in [0.2, 0.25) is 0 Å². The lowest BCUT2D eigenvalue weighted by Crippen LogP contribution is -2.26. The van der Waals surface area contributed by atoms with Crippen molar-refractivity contribution in [2.45, 2.75) is 6.92 Å². The summed E-state index contributed by atoms with van der Waals surface area (Å²) in [5, 5.41) is 0. The molecule has 0 saturated carbocycles. The molecular weight excluding hydrogens is 258 g/mol. The molecule has 0 aromatic heterocycles. The fourth-order valence-corrected chi connectivity index (χ4v) is 1.45. The zero-order valence-electron chi connectivity index (χ0n) is 8.87. The van der Waals surface area contributed by atoms with Crippen LogP contribution >= 0.6 is 15.9 Å². The lowest BCUT2D eigenvalue weighted by Gasteiger charge is -2.17. The van der Waals surface area contributed by atoms with Crippen LogP contribution in [-0.4, -0.2) is 26.2 Å². The summed E-state index contributed by atoms with van der Waals surface area (Å²) in [7, 11) is 1.86. The van der Waals surface area contributed by atoms with Crippen LogP contribution in [-0.2, 0) is 9.53 Å². The zero-order valence-corrected chi connectivity index (χ0v) is 10.5. The van der Waals surface area contributed by atoms with Crippen LogP contribution in [0.1, 0.15) is 6.92 Å². The number of carbonyl (C=O) groups is 1. The minimum atomic E-state index is -0.206. The largest absolute Gasteiger partial charge is 0.465 e. The van der Waals surface area contributed by atoms with Gasteiger partial charge in [-0.2, -0.15) is 0 Å². The Labute approximate surface area is 98.2 Å². The molecule has 0 heterocycles. The highest BCUT2D eigenvalue weighted by Gasteiger charge is 2.07. The van der Waals surface area contributed by atoms with Crippen molar-refractivity contribution in [1.82, 2.24) is 0 Å². The number of halogens is 1. The predicted octanol–water partition coefficient (Wildman–Crippen LogP) is 2.45. The van der Waals surface area contributed by atoms with Crippen molar-refractivity contribution in [3.63, 3.8) is 0 Å². The van der Waals surface area contributed by atoms with Crippen molar-refractivity contribution < 1.29 is 9.53 Å². The molecule has 0 unspecified atom stereocenters. The summed E-state index contributed by atoms with van der Waals surface area (Å²) in [5.41, 5.74) is 0.992. The van der Waals surface area contributed by atoms with E-state index in [0.717, 1.165) is 10.2 Å². The first-order valence-corrected chi connectivity index (χ1v) is 5.55.